The first-order chi connectivity index (χ1) is 12.3. The molecule has 0 saturated heterocycles. The third-order valence-electron chi connectivity index (χ3n) is 3.62. The SMILES string of the molecule is COc1ccc(C(=O)C=CC2C(O)=CC(OCC(=O)O)=CC2O)cc1O. The molecule has 1 aromatic carbocycles. The molecule has 2 unspecified atom stereocenters. The van der Waals surface area contributed by atoms with Gasteiger partial charge in [0.05, 0.1) is 19.1 Å². The predicted molar refractivity (Wildman–Crippen MR) is 90.0 cm³/mol. The minimum Gasteiger partial charge on any atom is -0.511 e. The Kier molecular flexibility index (Phi) is 6.03. The molecule has 0 saturated carbocycles. The number of methoxy groups -OCH3 is 1. The molecule has 0 spiro atoms. The van der Waals surface area contributed by atoms with Crippen LogP contribution in [-0.4, -0.2) is 52.0 Å². The Bertz CT molecular complexity index is 790. The summed E-state index contributed by atoms with van der Waals surface area (Å²) in [5.41, 5.74) is 0.203. The quantitative estimate of drug-likeness (QED) is 0.424. The Morgan fingerprint density at radius 2 is 2.00 bits per heavy atom. The standard InChI is InChI=1S/C18H18O8/c1-25-17-5-2-10(6-16(17)22)13(19)4-3-12-14(20)7-11(8-15(12)21)26-9-18(23)24/h2-8,12,14,20-22H,9H2,1H3,(H,23,24). The van der Waals surface area contributed by atoms with E-state index >= 15 is 0 Å². The number of phenols is 1. The van der Waals surface area contributed by atoms with Gasteiger partial charge in [-0.1, -0.05) is 6.08 Å². The zero-order valence-corrected chi connectivity index (χ0v) is 13.8. The van der Waals surface area contributed by atoms with Crippen molar-refractivity contribution in [1.29, 1.82) is 0 Å². The van der Waals surface area contributed by atoms with Crippen molar-refractivity contribution in [2.75, 3.05) is 13.7 Å². The maximum Gasteiger partial charge on any atom is 0.341 e. The Morgan fingerprint density at radius 3 is 2.58 bits per heavy atom. The summed E-state index contributed by atoms with van der Waals surface area (Å²) in [5, 5.41) is 38.3. The van der Waals surface area contributed by atoms with Gasteiger partial charge in [0, 0.05) is 11.6 Å². The van der Waals surface area contributed by atoms with Crippen LogP contribution < -0.4 is 4.74 Å². The van der Waals surface area contributed by atoms with Crippen molar-refractivity contribution in [3.8, 4) is 11.5 Å². The highest BCUT2D eigenvalue weighted by Gasteiger charge is 2.25. The van der Waals surface area contributed by atoms with Crippen molar-refractivity contribution in [2.24, 2.45) is 5.92 Å². The van der Waals surface area contributed by atoms with E-state index in [2.05, 4.69) is 0 Å². The van der Waals surface area contributed by atoms with E-state index in [-0.39, 0.29) is 28.6 Å². The average Bonchev–Trinajstić information content (AvgIpc) is 2.58. The van der Waals surface area contributed by atoms with Crippen LogP contribution in [0.2, 0.25) is 0 Å². The molecule has 2 atom stereocenters. The molecule has 0 heterocycles. The zero-order chi connectivity index (χ0) is 19.3. The van der Waals surface area contributed by atoms with E-state index in [0.717, 1.165) is 6.08 Å². The molecule has 0 aromatic heterocycles. The number of hydrogen-bond acceptors (Lipinski definition) is 7. The number of allylic oxidation sites excluding steroid dienone is 2. The van der Waals surface area contributed by atoms with Crippen LogP contribution in [0.1, 0.15) is 10.4 Å². The monoisotopic (exact) mass is 362 g/mol. The highest BCUT2D eigenvalue weighted by molar-refractivity contribution is 6.04. The number of phenolic OH excluding ortho intramolecular Hbond substituents is 1. The molecule has 2 rings (SSSR count). The Hall–Kier alpha value is -3.26. The topological polar surface area (TPSA) is 134 Å². The smallest absolute Gasteiger partial charge is 0.341 e. The fourth-order valence-electron chi connectivity index (χ4n) is 2.31. The van der Waals surface area contributed by atoms with Crippen LogP contribution in [0.3, 0.4) is 0 Å². The summed E-state index contributed by atoms with van der Waals surface area (Å²) in [5.74, 6) is -2.73. The van der Waals surface area contributed by atoms with Crippen molar-refractivity contribution >= 4 is 11.8 Å². The van der Waals surface area contributed by atoms with Gasteiger partial charge in [0.25, 0.3) is 0 Å². The largest absolute Gasteiger partial charge is 0.511 e. The molecule has 4 N–H and O–H groups in total. The van der Waals surface area contributed by atoms with E-state index in [1.807, 2.05) is 0 Å². The first-order valence-electron chi connectivity index (χ1n) is 7.56. The molecule has 1 aromatic rings. The highest BCUT2D eigenvalue weighted by atomic mass is 16.5. The van der Waals surface area contributed by atoms with Crippen LogP contribution in [-0.2, 0) is 9.53 Å². The van der Waals surface area contributed by atoms with Crippen molar-refractivity contribution in [3.05, 3.63) is 59.6 Å². The molecule has 0 radical (unpaired) electrons. The van der Waals surface area contributed by atoms with Gasteiger partial charge in [-0.3, -0.25) is 4.79 Å². The van der Waals surface area contributed by atoms with Gasteiger partial charge < -0.3 is 29.9 Å². The van der Waals surface area contributed by atoms with Gasteiger partial charge in [0.15, 0.2) is 23.9 Å². The maximum atomic E-state index is 12.2. The Morgan fingerprint density at radius 1 is 1.27 bits per heavy atom. The van der Waals surface area contributed by atoms with E-state index in [1.54, 1.807) is 0 Å². The maximum absolute atomic E-state index is 12.2. The number of carbonyl (C=O) groups excluding carboxylic acids is 1. The molecule has 8 nitrogen and oxygen atoms in total. The summed E-state index contributed by atoms with van der Waals surface area (Å²) in [4.78, 5) is 22.6. The fourth-order valence-corrected chi connectivity index (χ4v) is 2.31. The third-order valence-corrected chi connectivity index (χ3v) is 3.62. The molecule has 0 amide bonds. The van der Waals surface area contributed by atoms with Crippen molar-refractivity contribution < 1.29 is 39.5 Å². The van der Waals surface area contributed by atoms with Crippen LogP contribution >= 0.6 is 0 Å². The number of carboxylic acid groups (broad SMARTS) is 1. The minimum atomic E-state index is -1.20. The first kappa shape index (κ1) is 19.1. The number of aromatic hydroxyl groups is 1. The molecule has 1 aliphatic carbocycles. The molecule has 138 valence electrons. The number of ketones is 1. The number of aliphatic carboxylic acids is 1. The number of benzene rings is 1. The van der Waals surface area contributed by atoms with Crippen LogP contribution in [0.25, 0.3) is 0 Å². The molecule has 26 heavy (non-hydrogen) atoms. The molecule has 1 aliphatic rings. The number of aliphatic hydroxyl groups excluding tert-OH is 2. The lowest BCUT2D eigenvalue weighted by atomic mass is 9.93. The summed E-state index contributed by atoms with van der Waals surface area (Å²) in [6, 6.07) is 4.16. The zero-order valence-electron chi connectivity index (χ0n) is 13.8. The normalized spacial score (nSPS) is 19.6. The van der Waals surface area contributed by atoms with Gasteiger partial charge in [-0.25, -0.2) is 4.79 Å². The Balaban J connectivity index is 2.08. The molecule has 0 bridgehead atoms. The number of carbonyl (C=O) groups is 2. The van der Waals surface area contributed by atoms with Crippen molar-refractivity contribution in [3.63, 3.8) is 0 Å². The summed E-state index contributed by atoms with van der Waals surface area (Å²) in [6.45, 7) is -0.609. The van der Waals surface area contributed by atoms with Gasteiger partial charge in [-0.15, -0.1) is 0 Å². The number of ether oxygens (including phenoxy) is 2. The summed E-state index contributed by atoms with van der Waals surface area (Å²) in [6.07, 6.45) is 3.69. The number of carboxylic acids is 1. The van der Waals surface area contributed by atoms with E-state index < -0.39 is 30.4 Å². The predicted octanol–water partition coefficient (Wildman–Crippen LogP) is 1.56. The van der Waals surface area contributed by atoms with Crippen molar-refractivity contribution in [2.45, 2.75) is 6.10 Å². The van der Waals surface area contributed by atoms with Gasteiger partial charge in [-0.05, 0) is 30.4 Å². The summed E-state index contributed by atoms with van der Waals surface area (Å²) >= 11 is 0. The van der Waals surface area contributed by atoms with Gasteiger partial charge in [-0.2, -0.15) is 0 Å². The second-order valence-corrected chi connectivity index (χ2v) is 5.45. The highest BCUT2D eigenvalue weighted by Crippen LogP contribution is 2.27. The Labute approximate surface area is 148 Å². The van der Waals surface area contributed by atoms with Crippen LogP contribution in [0.15, 0.2) is 54.0 Å². The van der Waals surface area contributed by atoms with Gasteiger partial charge >= 0.3 is 5.97 Å². The average molecular weight is 362 g/mol. The second-order valence-electron chi connectivity index (χ2n) is 5.45. The molecular weight excluding hydrogens is 344 g/mol. The molecule has 8 heteroatoms. The van der Waals surface area contributed by atoms with Gasteiger partial charge in [0.1, 0.15) is 11.5 Å². The lowest BCUT2D eigenvalue weighted by Crippen LogP contribution is -2.23. The fraction of sp³-hybridized carbons (Fsp3) is 0.222. The van der Waals surface area contributed by atoms with Crippen molar-refractivity contribution in [1.82, 2.24) is 0 Å². The molecule has 0 fully saturated rings. The van der Waals surface area contributed by atoms with E-state index in [1.165, 1.54) is 43.5 Å². The van der Waals surface area contributed by atoms with E-state index in [9.17, 15) is 24.9 Å². The third kappa shape index (κ3) is 4.64. The van der Waals surface area contributed by atoms with Crippen LogP contribution in [0.4, 0.5) is 0 Å². The van der Waals surface area contributed by atoms with E-state index in [0.29, 0.717) is 0 Å². The van der Waals surface area contributed by atoms with Crippen LogP contribution in [0.5, 0.6) is 11.5 Å². The number of rotatable bonds is 7. The molecule has 0 aliphatic heterocycles. The summed E-state index contributed by atoms with van der Waals surface area (Å²) < 4.78 is 9.80. The van der Waals surface area contributed by atoms with Gasteiger partial charge in [0.2, 0.25) is 0 Å². The lowest BCUT2D eigenvalue weighted by Gasteiger charge is -2.22. The number of hydrogen-bond donors (Lipinski definition) is 4. The number of aliphatic hydroxyl groups is 2. The lowest BCUT2D eigenvalue weighted by molar-refractivity contribution is -0.140. The molecular formula is C18H18O8. The second kappa shape index (κ2) is 8.21. The minimum absolute atomic E-state index is 0.0217. The summed E-state index contributed by atoms with van der Waals surface area (Å²) in [7, 11) is 1.39. The first-order valence-corrected chi connectivity index (χ1v) is 7.56. The van der Waals surface area contributed by atoms with E-state index in [4.69, 9.17) is 14.6 Å². The van der Waals surface area contributed by atoms with Crippen LogP contribution in [0, 0.1) is 5.92 Å².